The largest absolute Gasteiger partial charge is 0.465 e. The molecular weight excluding hydrogens is 449 g/mol. The van der Waals surface area contributed by atoms with Crippen molar-refractivity contribution in [1.82, 2.24) is 9.80 Å². The van der Waals surface area contributed by atoms with Gasteiger partial charge >= 0.3 is 6.09 Å². The van der Waals surface area contributed by atoms with Crippen LogP contribution in [0.1, 0.15) is 30.9 Å². The summed E-state index contributed by atoms with van der Waals surface area (Å²) < 4.78 is 41.4. The molecule has 0 bridgehead atoms. The number of carboxylic acid groups (broad SMARTS) is 1. The maximum Gasteiger partial charge on any atom is 0.407 e. The highest BCUT2D eigenvalue weighted by atomic mass is 19.1. The van der Waals surface area contributed by atoms with Gasteiger partial charge in [0.25, 0.3) is 0 Å². The fourth-order valence-corrected chi connectivity index (χ4v) is 5.53. The third kappa shape index (κ3) is 4.13. The Bertz CT molecular complexity index is 1080. The van der Waals surface area contributed by atoms with Crippen LogP contribution in [0, 0.1) is 35.2 Å². The molecule has 2 aromatic carbocycles. The summed E-state index contributed by atoms with van der Waals surface area (Å²) in [5.41, 5.74) is -0.620. The molecule has 5 atom stereocenters. The van der Waals surface area contributed by atoms with Crippen molar-refractivity contribution in [3.63, 3.8) is 0 Å². The molecule has 2 N–H and O–H groups in total. The maximum atomic E-state index is 14.6. The number of hydrogen-bond acceptors (Lipinski definition) is 3. The van der Waals surface area contributed by atoms with Gasteiger partial charge in [0, 0.05) is 50.0 Å². The fourth-order valence-electron chi connectivity index (χ4n) is 5.53. The molecule has 0 unspecified atom stereocenters. The van der Waals surface area contributed by atoms with E-state index in [1.165, 1.54) is 30.3 Å². The summed E-state index contributed by atoms with van der Waals surface area (Å²) in [5.74, 6) is -4.72. The summed E-state index contributed by atoms with van der Waals surface area (Å²) in [6, 6.07) is 8.72. The normalized spacial score (nSPS) is 29.4. The molecule has 34 heavy (non-hydrogen) atoms. The van der Waals surface area contributed by atoms with Crippen molar-refractivity contribution in [3.05, 3.63) is 71.0 Å². The smallest absolute Gasteiger partial charge is 0.407 e. The molecule has 6 nitrogen and oxygen atoms in total. The lowest BCUT2D eigenvalue weighted by atomic mass is 9.70. The molecule has 182 valence electrons. The van der Waals surface area contributed by atoms with E-state index in [4.69, 9.17) is 0 Å². The van der Waals surface area contributed by atoms with E-state index in [9.17, 15) is 33.0 Å². The molecule has 2 saturated heterocycles. The quantitative estimate of drug-likeness (QED) is 0.706. The first-order valence-electron chi connectivity index (χ1n) is 11.2. The van der Waals surface area contributed by atoms with Crippen molar-refractivity contribution in [2.24, 2.45) is 17.8 Å². The Morgan fingerprint density at radius 2 is 1.47 bits per heavy atom. The summed E-state index contributed by atoms with van der Waals surface area (Å²) in [6.07, 6.45) is -1.21. The summed E-state index contributed by atoms with van der Waals surface area (Å²) in [6.45, 7) is 3.81. The minimum Gasteiger partial charge on any atom is -0.465 e. The van der Waals surface area contributed by atoms with Crippen molar-refractivity contribution in [3.8, 4) is 0 Å². The first-order valence-corrected chi connectivity index (χ1v) is 11.2. The van der Waals surface area contributed by atoms with Gasteiger partial charge in [-0.15, -0.1) is 0 Å². The number of amides is 2. The number of aliphatic hydroxyl groups is 1. The van der Waals surface area contributed by atoms with Gasteiger partial charge in [-0.05, 0) is 29.3 Å². The maximum absolute atomic E-state index is 14.6. The van der Waals surface area contributed by atoms with E-state index in [1.54, 1.807) is 18.7 Å². The zero-order valence-electron chi connectivity index (χ0n) is 18.9. The number of carbonyl (C=O) groups excluding carboxylic acids is 1. The van der Waals surface area contributed by atoms with Crippen LogP contribution in [0.25, 0.3) is 0 Å². The summed E-state index contributed by atoms with van der Waals surface area (Å²) in [4.78, 5) is 27.9. The number of halogens is 3. The molecule has 0 aliphatic carbocycles. The van der Waals surface area contributed by atoms with Crippen LogP contribution in [0.4, 0.5) is 18.0 Å². The van der Waals surface area contributed by atoms with E-state index < -0.39 is 52.8 Å². The molecule has 0 aromatic heterocycles. The highest BCUT2D eigenvalue weighted by Gasteiger charge is 2.49. The lowest BCUT2D eigenvalue weighted by Gasteiger charge is -2.48. The van der Waals surface area contributed by atoms with Crippen LogP contribution in [0.2, 0.25) is 0 Å². The lowest BCUT2D eigenvalue weighted by Crippen LogP contribution is -2.57. The van der Waals surface area contributed by atoms with Gasteiger partial charge in [0.15, 0.2) is 0 Å². The van der Waals surface area contributed by atoms with Gasteiger partial charge < -0.3 is 20.0 Å². The fraction of sp³-hybridized carbons (Fsp3) is 0.440. The number of likely N-dealkylation sites (tertiary alicyclic amines) is 2. The zero-order valence-corrected chi connectivity index (χ0v) is 18.9. The Kier molecular flexibility index (Phi) is 6.33. The van der Waals surface area contributed by atoms with E-state index in [0.717, 1.165) is 17.0 Å². The van der Waals surface area contributed by atoms with Crippen LogP contribution in [0.3, 0.4) is 0 Å². The first-order chi connectivity index (χ1) is 16.0. The van der Waals surface area contributed by atoms with Gasteiger partial charge in [0.1, 0.15) is 17.5 Å². The number of hydrogen-bond donors (Lipinski definition) is 2. The standard InChI is InChI=1S/C25H27F3N2O4/c1-14-10-29(11-15(2)25(14,34)16-3-5-17(26)6-4-16)23(31)21-13-30(24(32)33)12-20(21)19-8-7-18(27)9-22(19)28/h3-9,14-15,20-21,34H,10-13H2,1-2H3,(H,32,33)/t14-,15+,20-,21+,25+/m0/s1. The molecule has 2 aliphatic rings. The Labute approximate surface area is 195 Å². The Morgan fingerprint density at radius 3 is 2.03 bits per heavy atom. The summed E-state index contributed by atoms with van der Waals surface area (Å²) >= 11 is 0. The van der Waals surface area contributed by atoms with Gasteiger partial charge in [-0.25, -0.2) is 18.0 Å². The molecule has 9 heteroatoms. The van der Waals surface area contributed by atoms with Gasteiger partial charge in [-0.1, -0.05) is 32.0 Å². The van der Waals surface area contributed by atoms with Gasteiger partial charge in [0.2, 0.25) is 5.91 Å². The van der Waals surface area contributed by atoms with Crippen LogP contribution in [0.5, 0.6) is 0 Å². The second kappa shape index (κ2) is 8.94. The van der Waals surface area contributed by atoms with Crippen LogP contribution in [-0.4, -0.2) is 58.2 Å². The van der Waals surface area contributed by atoms with E-state index in [2.05, 4.69) is 0 Å². The van der Waals surface area contributed by atoms with Crippen LogP contribution >= 0.6 is 0 Å². The van der Waals surface area contributed by atoms with E-state index in [1.807, 2.05) is 0 Å². The van der Waals surface area contributed by atoms with Gasteiger partial charge in [-0.3, -0.25) is 4.79 Å². The third-order valence-corrected chi connectivity index (χ3v) is 7.38. The molecule has 2 fully saturated rings. The number of piperidine rings is 1. The summed E-state index contributed by atoms with van der Waals surface area (Å²) in [5, 5.41) is 21.0. The molecular formula is C25H27F3N2O4. The molecule has 0 saturated carbocycles. The van der Waals surface area contributed by atoms with Crippen molar-refractivity contribution < 1.29 is 33.0 Å². The number of benzene rings is 2. The van der Waals surface area contributed by atoms with Crippen molar-refractivity contribution >= 4 is 12.0 Å². The molecule has 2 amide bonds. The average molecular weight is 476 g/mol. The van der Waals surface area contributed by atoms with Crippen LogP contribution in [-0.2, 0) is 10.4 Å². The number of carbonyl (C=O) groups is 2. The van der Waals surface area contributed by atoms with Crippen molar-refractivity contribution in [2.75, 3.05) is 26.2 Å². The SMILES string of the molecule is C[C@@H]1CN(C(=O)[C@@H]2CN(C(=O)O)C[C@H]2c2ccc(F)cc2F)C[C@H](C)[C@]1(O)c1ccc(F)cc1. The number of nitrogens with zero attached hydrogens (tertiary/aromatic N) is 2. The summed E-state index contributed by atoms with van der Waals surface area (Å²) in [7, 11) is 0. The highest BCUT2D eigenvalue weighted by molar-refractivity contribution is 5.82. The minimum absolute atomic E-state index is 0.0766. The first kappa shape index (κ1) is 24.1. The van der Waals surface area contributed by atoms with E-state index in [0.29, 0.717) is 5.56 Å². The molecule has 2 aliphatic heterocycles. The van der Waals surface area contributed by atoms with Gasteiger partial charge in [-0.2, -0.15) is 0 Å². The van der Waals surface area contributed by atoms with E-state index >= 15 is 0 Å². The predicted molar refractivity (Wildman–Crippen MR) is 117 cm³/mol. The second-order valence-electron chi connectivity index (χ2n) is 9.44. The Hall–Kier alpha value is -3.07. The second-order valence-corrected chi connectivity index (χ2v) is 9.44. The highest BCUT2D eigenvalue weighted by Crippen LogP contribution is 2.43. The van der Waals surface area contributed by atoms with Crippen LogP contribution < -0.4 is 0 Å². The molecule has 0 spiro atoms. The molecule has 2 heterocycles. The van der Waals surface area contributed by atoms with Crippen molar-refractivity contribution in [2.45, 2.75) is 25.4 Å². The zero-order chi connectivity index (χ0) is 24.8. The Balaban J connectivity index is 1.59. The Morgan fingerprint density at radius 1 is 0.882 bits per heavy atom. The van der Waals surface area contributed by atoms with Crippen LogP contribution in [0.15, 0.2) is 42.5 Å². The van der Waals surface area contributed by atoms with E-state index in [-0.39, 0.29) is 37.6 Å². The lowest BCUT2D eigenvalue weighted by molar-refractivity contribution is -0.152. The monoisotopic (exact) mass is 476 g/mol. The molecule has 0 radical (unpaired) electrons. The molecule has 2 aromatic rings. The number of rotatable bonds is 3. The third-order valence-electron chi connectivity index (χ3n) is 7.38. The minimum atomic E-state index is -1.28. The van der Waals surface area contributed by atoms with Crippen molar-refractivity contribution in [1.29, 1.82) is 0 Å². The van der Waals surface area contributed by atoms with Gasteiger partial charge in [0.05, 0.1) is 11.5 Å². The average Bonchev–Trinajstić information content (AvgIpc) is 3.22. The topological polar surface area (TPSA) is 81.1 Å². The predicted octanol–water partition coefficient (Wildman–Crippen LogP) is 3.80. The molecule has 4 rings (SSSR count).